The van der Waals surface area contributed by atoms with Gasteiger partial charge in [-0.3, -0.25) is 9.59 Å². The van der Waals surface area contributed by atoms with Crippen LogP contribution in [0.1, 0.15) is 43.2 Å². The molecule has 0 unspecified atom stereocenters. The van der Waals surface area contributed by atoms with Crippen LogP contribution in [-0.2, 0) is 22.6 Å². The molecule has 0 aromatic heterocycles. The number of hydrogen-bond acceptors (Lipinski definition) is 3. The van der Waals surface area contributed by atoms with Gasteiger partial charge in [-0.1, -0.05) is 91.2 Å². The van der Waals surface area contributed by atoms with Gasteiger partial charge >= 0.3 is 0 Å². The number of halogens is 1. The lowest BCUT2D eigenvalue weighted by Gasteiger charge is -2.32. The number of rotatable bonds is 11. The fourth-order valence-electron chi connectivity index (χ4n) is 4.65. The Balaban J connectivity index is 1.57. The number of nitrogens with one attached hydrogen (secondary N) is 1. The van der Waals surface area contributed by atoms with Crippen molar-refractivity contribution >= 4 is 35.2 Å². The minimum atomic E-state index is -0.613. The molecule has 1 aliphatic rings. The molecule has 0 heterocycles. The average Bonchev–Trinajstić information content (AvgIpc) is 3.41. The van der Waals surface area contributed by atoms with Gasteiger partial charge in [0, 0.05) is 41.1 Å². The van der Waals surface area contributed by atoms with E-state index in [1.807, 2.05) is 84.9 Å². The highest BCUT2D eigenvalue weighted by Gasteiger charge is 2.32. The lowest BCUT2D eigenvalue weighted by atomic mass is 10.0. The fourth-order valence-corrected chi connectivity index (χ4v) is 5.71. The first kappa shape index (κ1) is 26.3. The van der Waals surface area contributed by atoms with Gasteiger partial charge in [-0.2, -0.15) is 0 Å². The van der Waals surface area contributed by atoms with Gasteiger partial charge in [-0.15, -0.1) is 11.8 Å². The summed E-state index contributed by atoms with van der Waals surface area (Å²) in [5, 5.41) is 3.85. The summed E-state index contributed by atoms with van der Waals surface area (Å²) in [6, 6.07) is 27.1. The lowest BCUT2D eigenvalue weighted by molar-refractivity contribution is -0.141. The summed E-state index contributed by atoms with van der Waals surface area (Å²) >= 11 is 8.15. The van der Waals surface area contributed by atoms with E-state index in [9.17, 15) is 9.59 Å². The molecule has 3 aromatic carbocycles. The molecule has 188 valence electrons. The van der Waals surface area contributed by atoms with Crippen LogP contribution in [0.4, 0.5) is 0 Å². The third-order valence-corrected chi connectivity index (χ3v) is 7.98. The summed E-state index contributed by atoms with van der Waals surface area (Å²) in [5.74, 6) is 0.521. The summed E-state index contributed by atoms with van der Waals surface area (Å²) in [6.07, 6.45) is 5.06. The third-order valence-electron chi connectivity index (χ3n) is 6.60. The van der Waals surface area contributed by atoms with Crippen molar-refractivity contribution in [1.82, 2.24) is 10.2 Å². The van der Waals surface area contributed by atoms with Gasteiger partial charge in [0.25, 0.3) is 0 Å². The molecule has 2 amide bonds. The van der Waals surface area contributed by atoms with E-state index in [1.54, 1.807) is 16.7 Å². The highest BCUT2D eigenvalue weighted by Crippen LogP contribution is 2.24. The number of amides is 2. The predicted molar refractivity (Wildman–Crippen MR) is 148 cm³/mol. The smallest absolute Gasteiger partial charge is 0.243 e. The molecule has 1 fully saturated rings. The van der Waals surface area contributed by atoms with Crippen LogP contribution in [0.25, 0.3) is 0 Å². The topological polar surface area (TPSA) is 49.4 Å². The number of carbonyl (C=O) groups excluding carboxylic acids is 2. The van der Waals surface area contributed by atoms with Crippen molar-refractivity contribution in [3.63, 3.8) is 0 Å². The maximum Gasteiger partial charge on any atom is 0.243 e. The first-order valence-corrected chi connectivity index (χ1v) is 14.0. The first-order valence-electron chi connectivity index (χ1n) is 12.6. The Morgan fingerprint density at radius 2 is 1.56 bits per heavy atom. The van der Waals surface area contributed by atoms with Crippen molar-refractivity contribution < 1.29 is 9.59 Å². The molecule has 0 saturated heterocycles. The molecule has 1 N–H and O–H groups in total. The second-order valence-corrected chi connectivity index (χ2v) is 10.8. The normalized spacial score (nSPS) is 14.4. The fraction of sp³-hybridized carbons (Fsp3) is 0.333. The van der Waals surface area contributed by atoms with Crippen LogP contribution in [-0.4, -0.2) is 34.6 Å². The number of hydrogen-bond donors (Lipinski definition) is 1. The van der Waals surface area contributed by atoms with Crippen molar-refractivity contribution in [2.45, 2.75) is 62.0 Å². The van der Waals surface area contributed by atoms with E-state index in [4.69, 9.17) is 11.6 Å². The van der Waals surface area contributed by atoms with E-state index in [0.29, 0.717) is 30.2 Å². The monoisotopic (exact) mass is 520 g/mol. The standard InChI is InChI=1S/C30H33ClN2O2S/c31-27-18-10-7-13-24(27)22-33(29(34)19-20-36-26-16-5-2-6-17-26)28(21-23-11-3-1-4-12-23)30(35)32-25-14-8-9-15-25/h1-7,10-13,16-18,25,28H,8-9,14-15,19-22H2,(H,32,35)/t28-/m1/s1. The minimum Gasteiger partial charge on any atom is -0.352 e. The van der Waals surface area contributed by atoms with Crippen LogP contribution in [0.5, 0.6) is 0 Å². The summed E-state index contributed by atoms with van der Waals surface area (Å²) < 4.78 is 0. The summed E-state index contributed by atoms with van der Waals surface area (Å²) in [5.41, 5.74) is 1.87. The van der Waals surface area contributed by atoms with E-state index < -0.39 is 6.04 Å². The Morgan fingerprint density at radius 1 is 0.917 bits per heavy atom. The van der Waals surface area contributed by atoms with E-state index in [-0.39, 0.29) is 17.9 Å². The summed E-state index contributed by atoms with van der Waals surface area (Å²) in [7, 11) is 0. The Bertz CT molecular complexity index is 1120. The number of benzene rings is 3. The number of thioether (sulfide) groups is 1. The summed E-state index contributed by atoms with van der Waals surface area (Å²) in [6.45, 7) is 0.296. The largest absolute Gasteiger partial charge is 0.352 e. The van der Waals surface area contributed by atoms with Gasteiger partial charge in [0.2, 0.25) is 11.8 Å². The van der Waals surface area contributed by atoms with Gasteiger partial charge < -0.3 is 10.2 Å². The third kappa shape index (κ3) is 7.62. The average molecular weight is 521 g/mol. The molecule has 4 rings (SSSR count). The van der Waals surface area contributed by atoms with Crippen molar-refractivity contribution in [1.29, 1.82) is 0 Å². The van der Waals surface area contributed by atoms with Crippen LogP contribution >= 0.6 is 23.4 Å². The predicted octanol–water partition coefficient (Wildman–Crippen LogP) is 6.52. The van der Waals surface area contributed by atoms with Crippen LogP contribution in [0.15, 0.2) is 89.8 Å². The molecule has 1 aliphatic carbocycles. The van der Waals surface area contributed by atoms with Crippen molar-refractivity contribution in [2.75, 3.05) is 5.75 Å². The SMILES string of the molecule is O=C(NC1CCCC1)[C@@H](Cc1ccccc1)N(Cc1ccccc1Cl)C(=O)CCSc1ccccc1. The first-order chi connectivity index (χ1) is 17.6. The molecule has 1 saturated carbocycles. The van der Waals surface area contributed by atoms with Gasteiger partial charge in [0.15, 0.2) is 0 Å². The molecule has 3 aromatic rings. The zero-order chi connectivity index (χ0) is 25.2. The Labute approximate surface area is 223 Å². The molecule has 0 bridgehead atoms. The Hall–Kier alpha value is -2.76. The molecule has 1 atom stereocenters. The van der Waals surface area contributed by atoms with E-state index in [0.717, 1.165) is 41.7 Å². The van der Waals surface area contributed by atoms with E-state index >= 15 is 0 Å². The molecule has 4 nitrogen and oxygen atoms in total. The van der Waals surface area contributed by atoms with Crippen molar-refractivity contribution in [3.05, 3.63) is 101 Å². The minimum absolute atomic E-state index is 0.0409. The molecule has 36 heavy (non-hydrogen) atoms. The molecule has 0 aliphatic heterocycles. The Kier molecular flexibility index (Phi) is 9.88. The zero-order valence-electron chi connectivity index (χ0n) is 20.4. The van der Waals surface area contributed by atoms with Gasteiger partial charge in [0.1, 0.15) is 6.04 Å². The molecular formula is C30H33ClN2O2S. The Morgan fingerprint density at radius 3 is 2.25 bits per heavy atom. The molecule has 6 heteroatoms. The summed E-state index contributed by atoms with van der Waals surface area (Å²) in [4.78, 5) is 30.3. The molecule has 0 radical (unpaired) electrons. The van der Waals surface area contributed by atoms with Crippen molar-refractivity contribution in [3.8, 4) is 0 Å². The van der Waals surface area contributed by atoms with Gasteiger partial charge in [-0.05, 0) is 42.2 Å². The molecule has 0 spiro atoms. The van der Waals surface area contributed by atoms with Crippen LogP contribution in [0, 0.1) is 0 Å². The number of nitrogens with zero attached hydrogens (tertiary/aromatic N) is 1. The maximum absolute atomic E-state index is 13.7. The lowest BCUT2D eigenvalue weighted by Crippen LogP contribution is -2.52. The van der Waals surface area contributed by atoms with Gasteiger partial charge in [-0.25, -0.2) is 0 Å². The van der Waals surface area contributed by atoms with E-state index in [2.05, 4.69) is 5.32 Å². The van der Waals surface area contributed by atoms with Crippen LogP contribution < -0.4 is 5.32 Å². The van der Waals surface area contributed by atoms with Crippen LogP contribution in [0.2, 0.25) is 5.02 Å². The highest BCUT2D eigenvalue weighted by molar-refractivity contribution is 7.99. The maximum atomic E-state index is 13.7. The number of carbonyl (C=O) groups is 2. The van der Waals surface area contributed by atoms with Crippen molar-refractivity contribution in [2.24, 2.45) is 0 Å². The second-order valence-electron chi connectivity index (χ2n) is 9.22. The van der Waals surface area contributed by atoms with E-state index in [1.165, 1.54) is 0 Å². The van der Waals surface area contributed by atoms with Crippen LogP contribution in [0.3, 0.4) is 0 Å². The highest BCUT2D eigenvalue weighted by atomic mass is 35.5. The second kappa shape index (κ2) is 13.5. The molecular weight excluding hydrogens is 488 g/mol. The quantitative estimate of drug-likeness (QED) is 0.293. The zero-order valence-corrected chi connectivity index (χ0v) is 22.0. The van der Waals surface area contributed by atoms with Gasteiger partial charge in [0.05, 0.1) is 0 Å².